The van der Waals surface area contributed by atoms with Crippen molar-refractivity contribution in [2.75, 3.05) is 12.3 Å². The fourth-order valence-electron chi connectivity index (χ4n) is 2.31. The summed E-state index contributed by atoms with van der Waals surface area (Å²) in [6, 6.07) is 9.51. The number of rotatable bonds is 2. The maximum Gasteiger partial charge on any atom is 0.276 e. The SMILES string of the molecule is Nc1cc(-c2nc(C3COc4ccccc43)no2)[nH]n1. The summed E-state index contributed by atoms with van der Waals surface area (Å²) >= 11 is 0. The largest absolute Gasteiger partial charge is 0.492 e. The number of benzene rings is 1. The lowest BCUT2D eigenvalue weighted by Crippen LogP contribution is -2.04. The van der Waals surface area contributed by atoms with E-state index in [9.17, 15) is 0 Å². The quantitative estimate of drug-likeness (QED) is 0.732. The van der Waals surface area contributed by atoms with Crippen molar-refractivity contribution in [2.45, 2.75) is 5.92 Å². The van der Waals surface area contributed by atoms with Crippen LogP contribution in [0.2, 0.25) is 0 Å². The molecule has 100 valence electrons. The van der Waals surface area contributed by atoms with Gasteiger partial charge in [-0.25, -0.2) is 0 Å². The van der Waals surface area contributed by atoms with Crippen LogP contribution in [0.25, 0.3) is 11.6 Å². The molecule has 20 heavy (non-hydrogen) atoms. The maximum atomic E-state index is 5.62. The molecular weight excluding hydrogens is 258 g/mol. The first-order valence-electron chi connectivity index (χ1n) is 6.18. The van der Waals surface area contributed by atoms with E-state index in [-0.39, 0.29) is 5.92 Å². The topological polar surface area (TPSA) is 103 Å². The second-order valence-electron chi connectivity index (χ2n) is 4.57. The zero-order valence-electron chi connectivity index (χ0n) is 10.4. The van der Waals surface area contributed by atoms with Crippen LogP contribution in [0.15, 0.2) is 34.9 Å². The molecule has 0 radical (unpaired) electrons. The highest BCUT2D eigenvalue weighted by molar-refractivity contribution is 5.52. The zero-order chi connectivity index (χ0) is 13.5. The van der Waals surface area contributed by atoms with E-state index < -0.39 is 0 Å². The highest BCUT2D eigenvalue weighted by atomic mass is 16.5. The molecule has 0 bridgehead atoms. The van der Waals surface area contributed by atoms with E-state index in [1.807, 2.05) is 24.3 Å². The summed E-state index contributed by atoms with van der Waals surface area (Å²) < 4.78 is 10.9. The number of ether oxygens (including phenoxy) is 1. The molecule has 0 aliphatic carbocycles. The number of aromatic nitrogens is 4. The summed E-state index contributed by atoms with van der Waals surface area (Å²) in [4.78, 5) is 4.39. The van der Waals surface area contributed by atoms with E-state index in [1.165, 1.54) is 0 Å². The van der Waals surface area contributed by atoms with Crippen molar-refractivity contribution in [3.05, 3.63) is 41.7 Å². The van der Waals surface area contributed by atoms with Crippen LogP contribution in [-0.2, 0) is 0 Å². The van der Waals surface area contributed by atoms with Crippen molar-refractivity contribution in [1.82, 2.24) is 20.3 Å². The third-order valence-electron chi connectivity index (χ3n) is 3.28. The molecule has 1 aliphatic rings. The van der Waals surface area contributed by atoms with Gasteiger partial charge in [0.2, 0.25) is 0 Å². The Hall–Kier alpha value is -2.83. The molecule has 0 amide bonds. The smallest absolute Gasteiger partial charge is 0.276 e. The molecule has 1 unspecified atom stereocenters. The van der Waals surface area contributed by atoms with Gasteiger partial charge >= 0.3 is 0 Å². The molecule has 1 aliphatic heterocycles. The van der Waals surface area contributed by atoms with E-state index >= 15 is 0 Å². The van der Waals surface area contributed by atoms with Crippen molar-refractivity contribution in [3.8, 4) is 17.3 Å². The Labute approximate surface area is 113 Å². The number of para-hydroxylation sites is 1. The van der Waals surface area contributed by atoms with Gasteiger partial charge in [0, 0.05) is 11.6 Å². The fourth-order valence-corrected chi connectivity index (χ4v) is 2.31. The molecule has 2 aromatic heterocycles. The van der Waals surface area contributed by atoms with Crippen molar-refractivity contribution < 1.29 is 9.26 Å². The molecule has 3 N–H and O–H groups in total. The average molecular weight is 269 g/mol. The van der Waals surface area contributed by atoms with Gasteiger partial charge in [0.15, 0.2) is 5.82 Å². The van der Waals surface area contributed by atoms with E-state index in [0.29, 0.717) is 29.8 Å². The third-order valence-corrected chi connectivity index (χ3v) is 3.28. The Morgan fingerprint density at radius 1 is 1.30 bits per heavy atom. The predicted molar refractivity (Wildman–Crippen MR) is 70.1 cm³/mol. The Bertz CT molecular complexity index is 763. The van der Waals surface area contributed by atoms with Gasteiger partial charge < -0.3 is 15.0 Å². The summed E-state index contributed by atoms with van der Waals surface area (Å²) in [6.45, 7) is 0.517. The average Bonchev–Trinajstić information content (AvgIpc) is 3.15. The van der Waals surface area contributed by atoms with Crippen LogP contribution in [-0.4, -0.2) is 26.9 Å². The minimum atomic E-state index is -0.0102. The van der Waals surface area contributed by atoms with Gasteiger partial charge in [0.05, 0.1) is 5.92 Å². The van der Waals surface area contributed by atoms with Crippen LogP contribution < -0.4 is 10.5 Å². The summed E-state index contributed by atoms with van der Waals surface area (Å²) in [5.41, 5.74) is 7.23. The number of nitrogens with zero attached hydrogens (tertiary/aromatic N) is 3. The van der Waals surface area contributed by atoms with Crippen LogP contribution in [0.4, 0.5) is 5.82 Å². The van der Waals surface area contributed by atoms with Crippen LogP contribution in [0.1, 0.15) is 17.3 Å². The molecule has 1 atom stereocenters. The minimum absolute atomic E-state index is 0.0102. The number of anilines is 1. The lowest BCUT2D eigenvalue weighted by atomic mass is 10.0. The molecule has 4 rings (SSSR count). The number of nitrogens with two attached hydrogens (primary N) is 1. The second kappa shape index (κ2) is 4.09. The number of hydrogen-bond donors (Lipinski definition) is 2. The standard InChI is InChI=1S/C13H11N5O2/c14-11-5-9(16-17-11)13-15-12(18-20-13)8-6-19-10-4-2-1-3-7(8)10/h1-5,8H,6H2,(H3,14,16,17). The molecule has 3 aromatic rings. The highest BCUT2D eigenvalue weighted by Gasteiger charge is 2.29. The van der Waals surface area contributed by atoms with Crippen molar-refractivity contribution in [3.63, 3.8) is 0 Å². The Kier molecular flexibility index (Phi) is 2.26. The van der Waals surface area contributed by atoms with Crippen LogP contribution in [0.5, 0.6) is 5.75 Å². The number of nitrogen functional groups attached to an aromatic ring is 1. The number of hydrogen-bond acceptors (Lipinski definition) is 6. The normalized spacial score (nSPS) is 16.9. The number of nitrogens with one attached hydrogen (secondary N) is 1. The maximum absolute atomic E-state index is 5.62. The van der Waals surface area contributed by atoms with Crippen molar-refractivity contribution in [1.29, 1.82) is 0 Å². The van der Waals surface area contributed by atoms with Crippen LogP contribution in [0, 0.1) is 0 Å². The monoisotopic (exact) mass is 269 g/mol. The summed E-state index contributed by atoms with van der Waals surface area (Å²) in [7, 11) is 0. The van der Waals surface area contributed by atoms with E-state index in [0.717, 1.165) is 11.3 Å². The number of fused-ring (bicyclic) bond motifs is 1. The molecule has 7 heteroatoms. The fraction of sp³-hybridized carbons (Fsp3) is 0.154. The molecule has 1 aromatic carbocycles. The van der Waals surface area contributed by atoms with E-state index in [2.05, 4.69) is 20.3 Å². The van der Waals surface area contributed by atoms with Gasteiger partial charge in [-0.2, -0.15) is 10.1 Å². The summed E-state index contributed by atoms with van der Waals surface area (Å²) in [5, 5.41) is 10.6. The van der Waals surface area contributed by atoms with Crippen LogP contribution >= 0.6 is 0 Å². The number of H-pyrrole nitrogens is 1. The third kappa shape index (κ3) is 1.63. The van der Waals surface area contributed by atoms with Gasteiger partial charge in [-0.3, -0.25) is 5.10 Å². The first-order chi connectivity index (χ1) is 9.81. The van der Waals surface area contributed by atoms with Gasteiger partial charge in [0.1, 0.15) is 23.9 Å². The lowest BCUT2D eigenvalue weighted by molar-refractivity contribution is 0.334. The van der Waals surface area contributed by atoms with Gasteiger partial charge in [-0.15, -0.1) is 0 Å². The minimum Gasteiger partial charge on any atom is -0.492 e. The first kappa shape index (κ1) is 11.0. The van der Waals surface area contributed by atoms with Gasteiger partial charge in [0.25, 0.3) is 5.89 Å². The summed E-state index contributed by atoms with van der Waals surface area (Å²) in [6.07, 6.45) is 0. The molecule has 0 fully saturated rings. The van der Waals surface area contributed by atoms with Gasteiger partial charge in [-0.1, -0.05) is 23.4 Å². The highest BCUT2D eigenvalue weighted by Crippen LogP contribution is 2.37. The van der Waals surface area contributed by atoms with E-state index in [1.54, 1.807) is 6.07 Å². The lowest BCUT2D eigenvalue weighted by Gasteiger charge is -2.01. The molecule has 0 saturated carbocycles. The van der Waals surface area contributed by atoms with Crippen LogP contribution in [0.3, 0.4) is 0 Å². The second-order valence-corrected chi connectivity index (χ2v) is 4.57. The van der Waals surface area contributed by atoms with Crippen molar-refractivity contribution >= 4 is 5.82 Å². The van der Waals surface area contributed by atoms with E-state index in [4.69, 9.17) is 15.0 Å². The zero-order valence-corrected chi connectivity index (χ0v) is 10.4. The molecule has 0 saturated heterocycles. The Balaban J connectivity index is 1.70. The molecular formula is C13H11N5O2. The molecule has 0 spiro atoms. The van der Waals surface area contributed by atoms with Gasteiger partial charge in [-0.05, 0) is 6.07 Å². The Morgan fingerprint density at radius 2 is 2.20 bits per heavy atom. The molecule has 7 nitrogen and oxygen atoms in total. The predicted octanol–water partition coefficient (Wildman–Crippen LogP) is 1.57. The van der Waals surface area contributed by atoms with Crippen molar-refractivity contribution in [2.24, 2.45) is 0 Å². The first-order valence-corrected chi connectivity index (χ1v) is 6.18. The summed E-state index contributed by atoms with van der Waals surface area (Å²) in [5.74, 6) is 2.21. The molecule has 3 heterocycles. The Morgan fingerprint density at radius 3 is 3.05 bits per heavy atom. The number of aromatic amines is 1.